The normalized spacial score (nSPS) is 12.3. The Kier molecular flexibility index (Phi) is 11.5. The Bertz CT molecular complexity index is 3440. The van der Waals surface area contributed by atoms with Gasteiger partial charge in [-0.1, -0.05) is 6.07 Å². The van der Waals surface area contributed by atoms with Gasteiger partial charge in [0.25, 0.3) is 42.2 Å². The summed E-state index contributed by atoms with van der Waals surface area (Å²) in [5, 5.41) is 42.8. The molecule has 0 atom stereocenters. The standard InChI is InChI=1S/C40H29N7O13S3/c41-25-6-1-21(2-7-25)39(50)42-27-11-13-31-24(15-27)17-36(63(58,59)60)37(38(31)49)47-44-26-8-3-22(4-9-26)40(51)43-28-12-14-33(34(48)19-28)46-45-29-10-5-23-16-30(61(52,53)54)20-35(32(23)18-29)62(55,56)57/h1-20,48-49H,41H2,(H,42,50)(H,43,51)(H,52,53,54)(H,55,56,57)(H,58,59,60). The molecule has 0 aliphatic heterocycles. The SMILES string of the molecule is Nc1ccc(C(=O)Nc2ccc3c(O)c(N=Nc4ccc(C(=O)Nc5ccc(N=Nc6ccc7cc(S(=O)(=O)O)cc(S(=O)(=O)O)c7c6)c(O)c5)cc4)c(S(=O)(=O)O)cc3c2)cc1. The fourth-order valence-electron chi connectivity index (χ4n) is 6.06. The van der Waals surface area contributed by atoms with Crippen molar-refractivity contribution in [3.63, 3.8) is 0 Å². The Morgan fingerprint density at radius 3 is 1.68 bits per heavy atom. The largest absolute Gasteiger partial charge is 0.506 e. The maximum Gasteiger partial charge on any atom is 0.296 e. The van der Waals surface area contributed by atoms with Crippen LogP contribution in [0.4, 0.5) is 39.8 Å². The number of carbonyl (C=O) groups excluding carboxylic acids is 2. The second-order valence-electron chi connectivity index (χ2n) is 13.4. The van der Waals surface area contributed by atoms with E-state index in [0.29, 0.717) is 17.3 Å². The minimum absolute atomic E-state index is 0.0335. The highest BCUT2D eigenvalue weighted by Crippen LogP contribution is 2.42. The molecule has 7 aromatic carbocycles. The third-order valence-corrected chi connectivity index (χ3v) is 11.7. The molecule has 7 rings (SSSR count). The fraction of sp³-hybridized carbons (Fsp3) is 0. The van der Waals surface area contributed by atoms with E-state index >= 15 is 0 Å². The lowest BCUT2D eigenvalue weighted by Gasteiger charge is -2.11. The molecule has 0 spiro atoms. The number of nitrogens with two attached hydrogens (primary N) is 1. The van der Waals surface area contributed by atoms with E-state index < -0.39 is 74.0 Å². The monoisotopic (exact) mass is 911 g/mol. The van der Waals surface area contributed by atoms with E-state index in [-0.39, 0.29) is 55.5 Å². The van der Waals surface area contributed by atoms with Gasteiger partial charge in [0.15, 0.2) is 5.75 Å². The second-order valence-corrected chi connectivity index (χ2v) is 17.6. The summed E-state index contributed by atoms with van der Waals surface area (Å²) >= 11 is 0. The Morgan fingerprint density at radius 2 is 1.08 bits per heavy atom. The van der Waals surface area contributed by atoms with Gasteiger partial charge in [0.1, 0.15) is 26.9 Å². The maximum atomic E-state index is 13.0. The van der Waals surface area contributed by atoms with Crippen LogP contribution in [0.1, 0.15) is 20.7 Å². The number of benzene rings is 7. The topological polar surface area (TPSA) is 337 Å². The molecule has 0 radical (unpaired) electrons. The lowest BCUT2D eigenvalue weighted by molar-refractivity contribution is 0.101. The number of phenols is 2. The summed E-state index contributed by atoms with van der Waals surface area (Å²) in [4.78, 5) is 23.4. The van der Waals surface area contributed by atoms with Gasteiger partial charge >= 0.3 is 0 Å². The smallest absolute Gasteiger partial charge is 0.296 e. The van der Waals surface area contributed by atoms with Crippen LogP contribution in [-0.4, -0.2) is 60.9 Å². The van der Waals surface area contributed by atoms with Gasteiger partial charge in [0.2, 0.25) is 0 Å². The molecule has 9 N–H and O–H groups in total. The first-order chi connectivity index (χ1) is 29.6. The summed E-state index contributed by atoms with van der Waals surface area (Å²) in [5.41, 5.74) is 6.46. The molecule has 63 heavy (non-hydrogen) atoms. The van der Waals surface area contributed by atoms with E-state index in [1.54, 1.807) is 12.1 Å². The number of anilines is 3. The van der Waals surface area contributed by atoms with E-state index in [1.807, 2.05) is 0 Å². The first-order valence-electron chi connectivity index (χ1n) is 17.7. The predicted molar refractivity (Wildman–Crippen MR) is 229 cm³/mol. The zero-order valence-electron chi connectivity index (χ0n) is 31.6. The number of carbonyl (C=O) groups is 2. The number of nitrogen functional groups attached to an aromatic ring is 1. The minimum atomic E-state index is -4.97. The van der Waals surface area contributed by atoms with E-state index in [0.717, 1.165) is 12.1 Å². The van der Waals surface area contributed by atoms with Crippen molar-refractivity contribution in [2.75, 3.05) is 16.4 Å². The van der Waals surface area contributed by atoms with Crippen molar-refractivity contribution in [3.8, 4) is 11.5 Å². The van der Waals surface area contributed by atoms with E-state index in [9.17, 15) is 58.7 Å². The van der Waals surface area contributed by atoms with Crippen LogP contribution in [0, 0.1) is 0 Å². The molecule has 7 aromatic rings. The van der Waals surface area contributed by atoms with Gasteiger partial charge < -0.3 is 26.6 Å². The number of rotatable bonds is 11. The highest BCUT2D eigenvalue weighted by molar-refractivity contribution is 7.87. The molecule has 0 aromatic heterocycles. The number of fused-ring (bicyclic) bond motifs is 2. The molecule has 0 aliphatic carbocycles. The quantitative estimate of drug-likeness (QED) is 0.0346. The van der Waals surface area contributed by atoms with Gasteiger partial charge in [-0.05, 0) is 120 Å². The third kappa shape index (κ3) is 9.78. The molecule has 320 valence electrons. The average Bonchev–Trinajstić information content (AvgIpc) is 3.21. The van der Waals surface area contributed by atoms with Crippen LogP contribution < -0.4 is 16.4 Å². The molecule has 0 fully saturated rings. The first-order valence-corrected chi connectivity index (χ1v) is 22.0. The molecule has 23 heteroatoms. The third-order valence-electron chi connectivity index (χ3n) is 9.11. The summed E-state index contributed by atoms with van der Waals surface area (Å²) in [6.45, 7) is 0. The number of hydrogen-bond donors (Lipinski definition) is 8. The highest BCUT2D eigenvalue weighted by atomic mass is 32.2. The average molecular weight is 912 g/mol. The molecule has 0 aliphatic rings. The van der Waals surface area contributed by atoms with E-state index in [4.69, 9.17) is 5.73 Å². The van der Waals surface area contributed by atoms with Crippen molar-refractivity contribution in [2.24, 2.45) is 20.5 Å². The highest BCUT2D eigenvalue weighted by Gasteiger charge is 2.23. The maximum absolute atomic E-state index is 13.0. The molecule has 0 heterocycles. The van der Waals surface area contributed by atoms with Crippen LogP contribution in [0.2, 0.25) is 0 Å². The van der Waals surface area contributed by atoms with Gasteiger partial charge in [-0.3, -0.25) is 23.2 Å². The lowest BCUT2D eigenvalue weighted by atomic mass is 10.1. The molecule has 0 saturated carbocycles. The van der Waals surface area contributed by atoms with Gasteiger partial charge in [0, 0.05) is 45.0 Å². The van der Waals surface area contributed by atoms with Crippen LogP contribution in [0.5, 0.6) is 11.5 Å². The summed E-state index contributed by atoms with van der Waals surface area (Å²) in [7, 11) is -14.7. The van der Waals surface area contributed by atoms with Crippen molar-refractivity contribution >= 4 is 104 Å². The Balaban J connectivity index is 1.04. The van der Waals surface area contributed by atoms with Crippen LogP contribution in [0.15, 0.2) is 156 Å². The van der Waals surface area contributed by atoms with Gasteiger partial charge in [0.05, 0.1) is 16.3 Å². The number of azo groups is 2. The molecular formula is C40H29N7O13S3. The van der Waals surface area contributed by atoms with Crippen molar-refractivity contribution in [1.29, 1.82) is 0 Å². The van der Waals surface area contributed by atoms with Gasteiger partial charge in [-0.15, -0.1) is 10.2 Å². The van der Waals surface area contributed by atoms with Crippen molar-refractivity contribution < 1.29 is 58.7 Å². The Morgan fingerprint density at radius 1 is 0.508 bits per heavy atom. The number of phenolic OH excluding ortho intramolecular Hbond substituents is 2. The number of hydrogen-bond acceptors (Lipinski definition) is 15. The van der Waals surface area contributed by atoms with Crippen LogP contribution in [0.3, 0.4) is 0 Å². The lowest BCUT2D eigenvalue weighted by Crippen LogP contribution is -2.11. The van der Waals surface area contributed by atoms with Gasteiger partial charge in [-0.2, -0.15) is 35.5 Å². The van der Waals surface area contributed by atoms with Crippen molar-refractivity contribution in [1.82, 2.24) is 0 Å². The minimum Gasteiger partial charge on any atom is -0.506 e. The van der Waals surface area contributed by atoms with Crippen molar-refractivity contribution in [2.45, 2.75) is 14.7 Å². The molecular weight excluding hydrogens is 883 g/mol. The summed E-state index contributed by atoms with van der Waals surface area (Å²) in [6, 6.07) is 26.2. The number of aromatic hydroxyl groups is 2. The molecule has 0 bridgehead atoms. The molecule has 2 amide bonds. The van der Waals surface area contributed by atoms with Crippen LogP contribution >= 0.6 is 0 Å². The first kappa shape index (κ1) is 43.4. The number of amides is 2. The molecule has 0 unspecified atom stereocenters. The number of nitrogens with one attached hydrogen (secondary N) is 2. The second kappa shape index (κ2) is 16.7. The predicted octanol–water partition coefficient (Wildman–Crippen LogP) is 8.06. The summed E-state index contributed by atoms with van der Waals surface area (Å²) in [5.74, 6) is -2.16. The zero-order valence-corrected chi connectivity index (χ0v) is 34.1. The van der Waals surface area contributed by atoms with Crippen LogP contribution in [-0.2, 0) is 30.4 Å². The summed E-state index contributed by atoms with van der Waals surface area (Å²) in [6.07, 6.45) is 0. The zero-order chi connectivity index (χ0) is 45.4. The Labute approximate surface area is 356 Å². The summed E-state index contributed by atoms with van der Waals surface area (Å²) < 4.78 is 101. The molecule has 20 nitrogen and oxygen atoms in total. The number of nitrogens with zero attached hydrogens (tertiary/aromatic N) is 4. The van der Waals surface area contributed by atoms with Gasteiger partial charge in [-0.25, -0.2) is 0 Å². The Hall–Kier alpha value is -7.67. The van der Waals surface area contributed by atoms with E-state index in [1.165, 1.54) is 91.0 Å². The fourth-order valence-corrected chi connectivity index (χ4v) is 8.06. The van der Waals surface area contributed by atoms with E-state index in [2.05, 4.69) is 31.1 Å². The van der Waals surface area contributed by atoms with Crippen LogP contribution in [0.25, 0.3) is 21.5 Å². The molecule has 0 saturated heterocycles. The van der Waals surface area contributed by atoms with Crippen molar-refractivity contribution in [3.05, 3.63) is 132 Å².